The highest BCUT2D eigenvalue weighted by atomic mass is 16.6. The van der Waals surface area contributed by atoms with Gasteiger partial charge in [-0.1, -0.05) is 48.5 Å². The second-order valence-electron chi connectivity index (χ2n) is 4.65. The average molecular weight is 300 g/mol. The summed E-state index contributed by atoms with van der Waals surface area (Å²) in [6, 6.07) is 17.2. The van der Waals surface area contributed by atoms with Gasteiger partial charge in [0, 0.05) is 7.11 Å². The van der Waals surface area contributed by atoms with Gasteiger partial charge in [0.15, 0.2) is 0 Å². The fourth-order valence-corrected chi connectivity index (χ4v) is 2.05. The summed E-state index contributed by atoms with van der Waals surface area (Å²) in [5.41, 5.74) is 2.42. The number of benzene rings is 2. The number of carbonyl (C=O) groups excluding carboxylic acids is 1. The quantitative estimate of drug-likeness (QED) is 0.555. The number of rotatable bonds is 8. The van der Waals surface area contributed by atoms with Crippen LogP contribution in [0.25, 0.3) is 11.1 Å². The lowest BCUT2D eigenvalue weighted by Crippen LogP contribution is -2.13. The van der Waals surface area contributed by atoms with E-state index < -0.39 is 0 Å². The van der Waals surface area contributed by atoms with E-state index in [0.717, 1.165) is 11.1 Å². The molecule has 0 saturated heterocycles. The smallest absolute Gasteiger partial charge is 0.338 e. The Morgan fingerprint density at radius 3 is 2.32 bits per heavy atom. The van der Waals surface area contributed by atoms with E-state index in [1.165, 1.54) is 0 Å². The molecule has 2 aromatic carbocycles. The van der Waals surface area contributed by atoms with Crippen LogP contribution in [0.5, 0.6) is 0 Å². The molecule has 0 aliphatic carbocycles. The Balaban J connectivity index is 1.96. The lowest BCUT2D eigenvalue weighted by atomic mass is 10.00. The van der Waals surface area contributed by atoms with Crippen LogP contribution in [0, 0.1) is 0 Å². The van der Waals surface area contributed by atoms with Crippen LogP contribution in [0.15, 0.2) is 54.6 Å². The van der Waals surface area contributed by atoms with Crippen LogP contribution in [0.2, 0.25) is 0 Å². The predicted octanol–water partition coefficient (Wildman–Crippen LogP) is 3.17. The summed E-state index contributed by atoms with van der Waals surface area (Å²) in [5, 5.41) is 0. The zero-order chi connectivity index (χ0) is 15.6. The monoisotopic (exact) mass is 300 g/mol. The van der Waals surface area contributed by atoms with Gasteiger partial charge in [-0.25, -0.2) is 4.79 Å². The molecule has 0 saturated carbocycles. The van der Waals surface area contributed by atoms with Gasteiger partial charge < -0.3 is 14.2 Å². The first-order valence-electron chi connectivity index (χ1n) is 7.21. The van der Waals surface area contributed by atoms with Crippen molar-refractivity contribution in [2.45, 2.75) is 0 Å². The summed E-state index contributed by atoms with van der Waals surface area (Å²) in [7, 11) is 1.61. The number of hydrogen-bond donors (Lipinski definition) is 0. The second kappa shape index (κ2) is 8.97. The third-order valence-corrected chi connectivity index (χ3v) is 3.12. The Labute approximate surface area is 130 Å². The Morgan fingerprint density at radius 1 is 0.864 bits per heavy atom. The van der Waals surface area contributed by atoms with Crippen molar-refractivity contribution in [2.75, 3.05) is 33.5 Å². The second-order valence-corrected chi connectivity index (χ2v) is 4.65. The Hall–Kier alpha value is -2.17. The molecule has 0 N–H and O–H groups in total. The molecule has 22 heavy (non-hydrogen) atoms. The number of methoxy groups -OCH3 is 1. The lowest BCUT2D eigenvalue weighted by Gasteiger charge is -2.10. The molecule has 4 heteroatoms. The molecule has 0 atom stereocenters. The maximum absolute atomic E-state index is 12.2. The summed E-state index contributed by atoms with van der Waals surface area (Å²) < 4.78 is 15.4. The average Bonchev–Trinajstić information content (AvgIpc) is 2.58. The van der Waals surface area contributed by atoms with Gasteiger partial charge in [0.25, 0.3) is 0 Å². The Bertz CT molecular complexity index is 581. The first-order chi connectivity index (χ1) is 10.8. The van der Waals surface area contributed by atoms with Gasteiger partial charge >= 0.3 is 5.97 Å². The summed E-state index contributed by atoms with van der Waals surface area (Å²) in [6.45, 7) is 1.62. The summed E-state index contributed by atoms with van der Waals surface area (Å²) in [6.07, 6.45) is 0. The third kappa shape index (κ3) is 4.69. The Kier molecular flexibility index (Phi) is 6.61. The first-order valence-corrected chi connectivity index (χ1v) is 7.21. The fourth-order valence-electron chi connectivity index (χ4n) is 2.05. The number of ether oxygens (including phenoxy) is 3. The summed E-state index contributed by atoms with van der Waals surface area (Å²) in [4.78, 5) is 12.2. The molecule has 4 nitrogen and oxygen atoms in total. The zero-order valence-electron chi connectivity index (χ0n) is 12.7. The van der Waals surface area contributed by atoms with E-state index in [2.05, 4.69) is 0 Å². The molecule has 116 valence electrons. The molecule has 0 aromatic heterocycles. The first kappa shape index (κ1) is 16.2. The molecule has 0 aliphatic rings. The molecule has 2 aromatic rings. The van der Waals surface area contributed by atoms with Crippen LogP contribution < -0.4 is 0 Å². The highest BCUT2D eigenvalue weighted by Crippen LogP contribution is 2.23. The van der Waals surface area contributed by atoms with Crippen LogP contribution in [0.1, 0.15) is 10.4 Å². The lowest BCUT2D eigenvalue weighted by molar-refractivity contribution is 0.0214. The number of esters is 1. The Morgan fingerprint density at radius 2 is 1.55 bits per heavy atom. The molecule has 0 heterocycles. The normalized spacial score (nSPS) is 10.4. The van der Waals surface area contributed by atoms with E-state index in [1.807, 2.05) is 48.5 Å². The topological polar surface area (TPSA) is 44.8 Å². The van der Waals surface area contributed by atoms with Crippen LogP contribution in [0.4, 0.5) is 0 Å². The highest BCUT2D eigenvalue weighted by Gasteiger charge is 2.13. The molecule has 0 spiro atoms. The minimum absolute atomic E-state index is 0.228. The van der Waals surface area contributed by atoms with E-state index in [-0.39, 0.29) is 12.6 Å². The molecular weight excluding hydrogens is 280 g/mol. The SMILES string of the molecule is COCCOCCOC(=O)c1ccccc1-c1ccccc1. The van der Waals surface area contributed by atoms with Gasteiger partial charge in [-0.3, -0.25) is 0 Å². The molecular formula is C18H20O4. The van der Waals surface area contributed by atoms with Crippen molar-refractivity contribution in [3.05, 3.63) is 60.2 Å². The standard InChI is InChI=1S/C18H20O4/c1-20-11-12-21-13-14-22-18(19)17-10-6-5-9-16(17)15-7-3-2-4-8-15/h2-10H,11-14H2,1H3. The van der Waals surface area contributed by atoms with Gasteiger partial charge in [-0.05, 0) is 17.2 Å². The van der Waals surface area contributed by atoms with Crippen molar-refractivity contribution in [1.82, 2.24) is 0 Å². The van der Waals surface area contributed by atoms with E-state index in [9.17, 15) is 4.79 Å². The predicted molar refractivity (Wildman–Crippen MR) is 84.9 cm³/mol. The van der Waals surface area contributed by atoms with Crippen LogP contribution >= 0.6 is 0 Å². The van der Waals surface area contributed by atoms with Gasteiger partial charge in [-0.2, -0.15) is 0 Å². The van der Waals surface area contributed by atoms with Crippen LogP contribution in [-0.4, -0.2) is 39.5 Å². The minimum Gasteiger partial charge on any atom is -0.460 e. The minimum atomic E-state index is -0.338. The van der Waals surface area contributed by atoms with Gasteiger partial charge in [0.2, 0.25) is 0 Å². The van der Waals surface area contributed by atoms with Crippen molar-refractivity contribution < 1.29 is 19.0 Å². The van der Waals surface area contributed by atoms with Gasteiger partial charge in [0.05, 0.1) is 25.4 Å². The maximum atomic E-state index is 12.2. The molecule has 0 radical (unpaired) electrons. The molecule has 0 fully saturated rings. The van der Waals surface area contributed by atoms with Crippen molar-refractivity contribution in [1.29, 1.82) is 0 Å². The van der Waals surface area contributed by atoms with Crippen LogP contribution in [-0.2, 0) is 14.2 Å². The van der Waals surface area contributed by atoms with Crippen molar-refractivity contribution in [3.8, 4) is 11.1 Å². The van der Waals surface area contributed by atoms with E-state index in [0.29, 0.717) is 25.4 Å². The van der Waals surface area contributed by atoms with Gasteiger partial charge in [-0.15, -0.1) is 0 Å². The van der Waals surface area contributed by atoms with Crippen molar-refractivity contribution in [3.63, 3.8) is 0 Å². The summed E-state index contributed by atoms with van der Waals surface area (Å²) in [5.74, 6) is -0.338. The number of hydrogen-bond acceptors (Lipinski definition) is 4. The highest BCUT2D eigenvalue weighted by molar-refractivity contribution is 5.97. The largest absolute Gasteiger partial charge is 0.460 e. The molecule has 0 amide bonds. The van der Waals surface area contributed by atoms with E-state index >= 15 is 0 Å². The maximum Gasteiger partial charge on any atom is 0.338 e. The third-order valence-electron chi connectivity index (χ3n) is 3.12. The van der Waals surface area contributed by atoms with Crippen molar-refractivity contribution >= 4 is 5.97 Å². The molecule has 0 unspecified atom stereocenters. The molecule has 0 aliphatic heterocycles. The van der Waals surface area contributed by atoms with E-state index in [4.69, 9.17) is 14.2 Å². The van der Waals surface area contributed by atoms with Gasteiger partial charge in [0.1, 0.15) is 6.61 Å². The summed E-state index contributed by atoms with van der Waals surface area (Å²) >= 11 is 0. The van der Waals surface area contributed by atoms with Crippen LogP contribution in [0.3, 0.4) is 0 Å². The fraction of sp³-hybridized carbons (Fsp3) is 0.278. The number of carbonyl (C=O) groups is 1. The zero-order valence-corrected chi connectivity index (χ0v) is 12.7. The molecule has 2 rings (SSSR count). The molecule has 0 bridgehead atoms. The van der Waals surface area contributed by atoms with E-state index in [1.54, 1.807) is 13.2 Å². The van der Waals surface area contributed by atoms with Crippen molar-refractivity contribution in [2.24, 2.45) is 0 Å².